The Morgan fingerprint density at radius 1 is 0.688 bits per heavy atom. The first-order valence-electron chi connectivity index (χ1n) is 5.22. The molecule has 0 saturated carbocycles. The minimum atomic E-state index is 1.23. The van der Waals surface area contributed by atoms with Crippen molar-refractivity contribution in [2.75, 3.05) is 0 Å². The molecule has 0 heterocycles. The van der Waals surface area contributed by atoms with Crippen LogP contribution in [0, 0.1) is 0 Å². The number of benzene rings is 3. The van der Waals surface area contributed by atoms with E-state index in [4.69, 9.17) is 0 Å². The van der Waals surface area contributed by atoms with E-state index in [-0.39, 0.29) is 0 Å². The van der Waals surface area contributed by atoms with Crippen molar-refractivity contribution in [3.63, 3.8) is 0 Å². The quantitative estimate of drug-likeness (QED) is 0.420. The van der Waals surface area contributed by atoms with Gasteiger partial charge in [0.1, 0.15) is 0 Å². The van der Waals surface area contributed by atoms with Gasteiger partial charge in [0, 0.05) is 0 Å². The van der Waals surface area contributed by atoms with Crippen molar-refractivity contribution >= 4 is 50.6 Å². The van der Waals surface area contributed by atoms with Crippen LogP contribution in [0.2, 0.25) is 0 Å². The van der Waals surface area contributed by atoms with Crippen LogP contribution >= 0.6 is 18.5 Å². The Morgan fingerprint density at radius 3 is 2.38 bits per heavy atom. The van der Waals surface area contributed by atoms with Gasteiger partial charge in [-0.1, -0.05) is 42.5 Å². The maximum absolute atomic E-state index is 2.80. The topological polar surface area (TPSA) is 0 Å². The van der Waals surface area contributed by atoms with E-state index < -0.39 is 0 Å². The van der Waals surface area contributed by atoms with Gasteiger partial charge in [0.15, 0.2) is 0 Å². The lowest BCUT2D eigenvalue weighted by molar-refractivity contribution is 1.82. The lowest BCUT2D eigenvalue weighted by Gasteiger charge is -2.06. The van der Waals surface area contributed by atoms with Crippen LogP contribution in [0.25, 0.3) is 21.5 Å². The Kier molecular flexibility index (Phi) is 2.43. The van der Waals surface area contributed by atoms with E-state index in [1.807, 2.05) is 0 Å². The van der Waals surface area contributed by atoms with Gasteiger partial charge in [0.25, 0.3) is 0 Å². The third-order valence-corrected chi connectivity index (χ3v) is 3.80. The minimum Gasteiger partial charge on any atom is -0.106 e. The van der Waals surface area contributed by atoms with Crippen molar-refractivity contribution in [1.82, 2.24) is 0 Å². The van der Waals surface area contributed by atoms with Crippen molar-refractivity contribution in [2.24, 2.45) is 0 Å². The van der Waals surface area contributed by atoms with E-state index >= 15 is 0 Å². The van der Waals surface area contributed by atoms with Crippen molar-refractivity contribution in [3.8, 4) is 0 Å². The summed E-state index contributed by atoms with van der Waals surface area (Å²) in [6.07, 6.45) is 0. The van der Waals surface area contributed by atoms with E-state index in [2.05, 4.69) is 67.0 Å². The smallest absolute Gasteiger partial charge is 0.00990 e. The predicted octanol–water partition coefficient (Wildman–Crippen LogP) is 2.99. The summed E-state index contributed by atoms with van der Waals surface area (Å²) in [5.74, 6) is 0. The van der Waals surface area contributed by atoms with E-state index in [1.165, 1.54) is 32.2 Å². The van der Waals surface area contributed by atoms with E-state index in [0.29, 0.717) is 0 Å². The fourth-order valence-electron chi connectivity index (χ4n) is 2.13. The SMILES string of the molecule is Pc1ccc2ccc3c(P)cccc3c2c1. The highest BCUT2D eigenvalue weighted by molar-refractivity contribution is 7.28. The Hall–Kier alpha value is -0.960. The van der Waals surface area contributed by atoms with E-state index in [9.17, 15) is 0 Å². The first kappa shape index (κ1) is 10.2. The summed E-state index contributed by atoms with van der Waals surface area (Å²) in [7, 11) is 5.56. The van der Waals surface area contributed by atoms with Crippen LogP contribution < -0.4 is 10.6 Å². The third-order valence-electron chi connectivity index (χ3n) is 2.94. The first-order chi connectivity index (χ1) is 7.75. The van der Waals surface area contributed by atoms with Crippen LogP contribution in [0.3, 0.4) is 0 Å². The highest BCUT2D eigenvalue weighted by Crippen LogP contribution is 2.24. The van der Waals surface area contributed by atoms with Crippen LogP contribution in [0.4, 0.5) is 0 Å². The fraction of sp³-hybridized carbons (Fsp3) is 0. The molecule has 0 amide bonds. The molecule has 2 unspecified atom stereocenters. The number of hydrogen-bond donors (Lipinski definition) is 0. The average molecular weight is 242 g/mol. The summed E-state index contributed by atoms with van der Waals surface area (Å²) in [6.45, 7) is 0. The number of hydrogen-bond acceptors (Lipinski definition) is 0. The molecule has 0 aliphatic rings. The van der Waals surface area contributed by atoms with Gasteiger partial charge in [-0.2, -0.15) is 0 Å². The van der Waals surface area contributed by atoms with Gasteiger partial charge < -0.3 is 0 Å². The van der Waals surface area contributed by atoms with Gasteiger partial charge in [-0.05, 0) is 38.2 Å². The Bertz CT molecular complexity index is 687. The molecular weight excluding hydrogens is 230 g/mol. The fourth-order valence-corrected chi connectivity index (χ4v) is 2.76. The Labute approximate surface area is 99.5 Å². The second-order valence-electron chi connectivity index (χ2n) is 3.99. The Morgan fingerprint density at radius 2 is 1.50 bits per heavy atom. The molecule has 0 aliphatic heterocycles. The number of fused-ring (bicyclic) bond motifs is 3. The van der Waals surface area contributed by atoms with Crippen LogP contribution in [-0.2, 0) is 0 Å². The van der Waals surface area contributed by atoms with E-state index in [1.54, 1.807) is 0 Å². The zero-order valence-corrected chi connectivity index (χ0v) is 11.1. The monoisotopic (exact) mass is 242 g/mol. The van der Waals surface area contributed by atoms with Crippen LogP contribution in [-0.4, -0.2) is 0 Å². The summed E-state index contributed by atoms with van der Waals surface area (Å²) < 4.78 is 0. The van der Waals surface area contributed by atoms with Crippen LogP contribution in [0.1, 0.15) is 0 Å². The molecule has 0 bridgehead atoms. The molecule has 0 nitrogen and oxygen atoms in total. The average Bonchev–Trinajstić information content (AvgIpc) is 2.29. The molecule has 2 heteroatoms. The molecule has 3 aromatic rings. The van der Waals surface area contributed by atoms with Gasteiger partial charge in [-0.15, -0.1) is 18.5 Å². The lowest BCUT2D eigenvalue weighted by Crippen LogP contribution is -1.94. The molecule has 0 spiro atoms. The zero-order valence-electron chi connectivity index (χ0n) is 8.77. The molecule has 78 valence electrons. The van der Waals surface area contributed by atoms with Crippen molar-refractivity contribution in [1.29, 1.82) is 0 Å². The number of rotatable bonds is 0. The lowest BCUT2D eigenvalue weighted by atomic mass is 10.0. The molecule has 0 N–H and O–H groups in total. The molecule has 16 heavy (non-hydrogen) atoms. The van der Waals surface area contributed by atoms with Gasteiger partial charge in [-0.25, -0.2) is 0 Å². The molecule has 0 fully saturated rings. The molecule has 3 rings (SSSR count). The first-order valence-corrected chi connectivity index (χ1v) is 6.37. The molecule has 2 atom stereocenters. The summed E-state index contributed by atoms with van der Waals surface area (Å²) in [4.78, 5) is 0. The van der Waals surface area contributed by atoms with Crippen molar-refractivity contribution in [2.45, 2.75) is 0 Å². The molecule has 0 saturated heterocycles. The Balaban J connectivity index is 2.58. The summed E-state index contributed by atoms with van der Waals surface area (Å²) in [6, 6.07) is 17.3. The summed E-state index contributed by atoms with van der Waals surface area (Å²) >= 11 is 0. The maximum Gasteiger partial charge on any atom is -0.00990 e. The second-order valence-corrected chi connectivity index (χ2v) is 5.28. The normalized spacial score (nSPS) is 11.1. The standard InChI is InChI=1S/C14H12P2/c15-10-6-4-9-5-7-12-11(13(9)8-10)2-1-3-14(12)16/h1-8H,15-16H2. The van der Waals surface area contributed by atoms with Gasteiger partial charge in [-0.3, -0.25) is 0 Å². The molecule has 3 aromatic carbocycles. The van der Waals surface area contributed by atoms with E-state index in [0.717, 1.165) is 0 Å². The summed E-state index contributed by atoms with van der Waals surface area (Å²) in [5, 5.41) is 7.76. The van der Waals surface area contributed by atoms with Gasteiger partial charge in [0.2, 0.25) is 0 Å². The minimum absolute atomic E-state index is 1.23. The van der Waals surface area contributed by atoms with Crippen molar-refractivity contribution in [3.05, 3.63) is 48.5 Å². The second kappa shape index (κ2) is 3.81. The van der Waals surface area contributed by atoms with Crippen LogP contribution in [0.15, 0.2) is 48.5 Å². The highest BCUT2D eigenvalue weighted by Gasteiger charge is 2.02. The molecular formula is C14H12P2. The molecule has 0 aliphatic carbocycles. The zero-order chi connectivity index (χ0) is 11.1. The predicted molar refractivity (Wildman–Crippen MR) is 80.1 cm³/mol. The maximum atomic E-state index is 2.80. The highest BCUT2D eigenvalue weighted by atomic mass is 31.0. The summed E-state index contributed by atoms with van der Waals surface area (Å²) in [5.41, 5.74) is 0. The van der Waals surface area contributed by atoms with Gasteiger partial charge in [0.05, 0.1) is 0 Å². The third kappa shape index (κ3) is 1.54. The molecule has 0 radical (unpaired) electrons. The molecule has 0 aromatic heterocycles. The van der Waals surface area contributed by atoms with Crippen LogP contribution in [0.5, 0.6) is 0 Å². The largest absolute Gasteiger partial charge is 0.106 e. The van der Waals surface area contributed by atoms with Crippen molar-refractivity contribution < 1.29 is 0 Å². The van der Waals surface area contributed by atoms with Gasteiger partial charge >= 0.3 is 0 Å².